The molecule has 4 nitrogen and oxygen atoms in total. The van der Waals surface area contributed by atoms with Gasteiger partial charge in [0.05, 0.1) is 26.2 Å². The number of fused-ring (bicyclic) bond motifs is 1. The average Bonchev–Trinajstić information content (AvgIpc) is 2.54. The van der Waals surface area contributed by atoms with E-state index in [4.69, 9.17) is 14.2 Å². The summed E-state index contributed by atoms with van der Waals surface area (Å²) < 4.78 is 16.9. The minimum atomic E-state index is -0.304. The van der Waals surface area contributed by atoms with Crippen LogP contribution in [-0.4, -0.2) is 20.0 Å². The highest BCUT2D eigenvalue weighted by Gasteiger charge is 2.33. The van der Waals surface area contributed by atoms with E-state index in [9.17, 15) is 4.79 Å². The zero-order chi connectivity index (χ0) is 15.7. The Bertz CT molecular complexity index is 707. The molecule has 114 valence electrons. The largest absolute Gasteiger partial charge is 0.493 e. The van der Waals surface area contributed by atoms with Crippen LogP contribution in [0.3, 0.4) is 0 Å². The Morgan fingerprint density at radius 3 is 2.50 bits per heavy atom. The predicted molar refractivity (Wildman–Crippen MR) is 83.0 cm³/mol. The first kappa shape index (κ1) is 14.4. The Hall–Kier alpha value is -2.49. The first-order valence-electron chi connectivity index (χ1n) is 7.16. The highest BCUT2D eigenvalue weighted by Crippen LogP contribution is 2.47. The van der Waals surface area contributed by atoms with Gasteiger partial charge in [-0.2, -0.15) is 0 Å². The molecule has 0 radical (unpaired) electrons. The molecule has 0 aromatic heterocycles. The van der Waals surface area contributed by atoms with Gasteiger partial charge >= 0.3 is 0 Å². The van der Waals surface area contributed by atoms with Gasteiger partial charge in [0.25, 0.3) is 0 Å². The number of aryl methyl sites for hydroxylation is 1. The summed E-state index contributed by atoms with van der Waals surface area (Å²) in [7, 11) is 3.12. The maximum Gasteiger partial charge on any atom is 0.204 e. The normalized spacial score (nSPS) is 16.7. The molecule has 22 heavy (non-hydrogen) atoms. The Labute approximate surface area is 129 Å². The lowest BCUT2D eigenvalue weighted by Gasteiger charge is -2.28. The van der Waals surface area contributed by atoms with Crippen molar-refractivity contribution in [1.82, 2.24) is 0 Å². The fourth-order valence-corrected chi connectivity index (χ4v) is 2.85. The fourth-order valence-electron chi connectivity index (χ4n) is 2.85. The molecule has 2 aromatic rings. The van der Waals surface area contributed by atoms with Crippen molar-refractivity contribution in [2.24, 2.45) is 0 Å². The third kappa shape index (κ3) is 2.30. The number of Topliss-reactive ketones (excluding diaryl/α,β-unsaturated/α-hetero) is 1. The number of carbonyl (C=O) groups is 1. The molecule has 0 bridgehead atoms. The molecule has 0 fully saturated rings. The lowest BCUT2D eigenvalue weighted by atomic mass is 9.93. The van der Waals surface area contributed by atoms with Crippen LogP contribution >= 0.6 is 0 Å². The lowest BCUT2D eigenvalue weighted by molar-refractivity contribution is 0.0840. The van der Waals surface area contributed by atoms with E-state index >= 15 is 0 Å². The quantitative estimate of drug-likeness (QED) is 0.866. The van der Waals surface area contributed by atoms with Crippen molar-refractivity contribution in [3.8, 4) is 17.2 Å². The molecule has 0 saturated heterocycles. The lowest BCUT2D eigenvalue weighted by Crippen LogP contribution is -2.22. The Morgan fingerprint density at radius 2 is 1.86 bits per heavy atom. The first-order valence-corrected chi connectivity index (χ1v) is 7.16. The number of carbonyl (C=O) groups excluding carboxylic acids is 1. The Kier molecular flexibility index (Phi) is 3.75. The predicted octanol–water partition coefficient (Wildman–Crippen LogP) is 3.72. The minimum absolute atomic E-state index is 0.0635. The fraction of sp³-hybridized carbons (Fsp3) is 0.278. The molecule has 1 aliphatic heterocycles. The molecule has 0 aliphatic carbocycles. The summed E-state index contributed by atoms with van der Waals surface area (Å²) in [5.74, 6) is 1.58. The van der Waals surface area contributed by atoms with Gasteiger partial charge in [0.2, 0.25) is 5.75 Å². The highest BCUT2D eigenvalue weighted by atomic mass is 16.5. The summed E-state index contributed by atoms with van der Waals surface area (Å²) in [6, 6.07) is 11.5. The third-order valence-electron chi connectivity index (χ3n) is 3.90. The van der Waals surface area contributed by atoms with Crippen LogP contribution in [0.5, 0.6) is 17.2 Å². The Morgan fingerprint density at radius 1 is 1.14 bits per heavy atom. The molecule has 1 unspecified atom stereocenters. The van der Waals surface area contributed by atoms with Crippen molar-refractivity contribution in [2.75, 3.05) is 14.2 Å². The van der Waals surface area contributed by atoms with Gasteiger partial charge in [-0.25, -0.2) is 0 Å². The van der Waals surface area contributed by atoms with Crippen LogP contribution in [0.15, 0.2) is 36.4 Å². The number of methoxy groups -OCH3 is 2. The molecular weight excluding hydrogens is 280 g/mol. The van der Waals surface area contributed by atoms with Crippen molar-refractivity contribution in [3.63, 3.8) is 0 Å². The number of hydrogen-bond donors (Lipinski definition) is 0. The second kappa shape index (κ2) is 5.72. The van der Waals surface area contributed by atoms with Crippen LogP contribution in [0.25, 0.3) is 0 Å². The van der Waals surface area contributed by atoms with Crippen LogP contribution in [-0.2, 0) is 0 Å². The smallest absolute Gasteiger partial charge is 0.204 e. The minimum Gasteiger partial charge on any atom is -0.493 e. The van der Waals surface area contributed by atoms with Crippen molar-refractivity contribution in [2.45, 2.75) is 19.4 Å². The van der Waals surface area contributed by atoms with E-state index in [1.54, 1.807) is 14.2 Å². The molecule has 0 saturated carbocycles. The molecule has 1 heterocycles. The first-order chi connectivity index (χ1) is 10.7. The zero-order valence-corrected chi connectivity index (χ0v) is 12.9. The van der Waals surface area contributed by atoms with Gasteiger partial charge < -0.3 is 14.2 Å². The monoisotopic (exact) mass is 298 g/mol. The molecule has 0 N–H and O–H groups in total. The van der Waals surface area contributed by atoms with Gasteiger partial charge in [-0.1, -0.05) is 30.3 Å². The van der Waals surface area contributed by atoms with Crippen molar-refractivity contribution in [3.05, 3.63) is 53.1 Å². The number of ether oxygens (including phenoxy) is 3. The van der Waals surface area contributed by atoms with E-state index in [0.717, 1.165) is 11.1 Å². The number of ketones is 1. The SMILES string of the molecule is COc1cc(C)c2c(c1OC)OC(c1ccccc1)CC2=O. The molecular formula is C18H18O4. The van der Waals surface area contributed by atoms with Crippen LogP contribution in [0, 0.1) is 6.92 Å². The summed E-state index contributed by atoms with van der Waals surface area (Å²) in [5, 5.41) is 0. The van der Waals surface area contributed by atoms with Gasteiger partial charge in [-0.05, 0) is 24.1 Å². The maximum absolute atomic E-state index is 12.6. The molecule has 1 atom stereocenters. The molecule has 3 rings (SSSR count). The van der Waals surface area contributed by atoms with Gasteiger partial charge in [-0.15, -0.1) is 0 Å². The van der Waals surface area contributed by atoms with Gasteiger partial charge in [-0.3, -0.25) is 4.79 Å². The number of hydrogen-bond acceptors (Lipinski definition) is 4. The number of rotatable bonds is 3. The van der Waals surface area contributed by atoms with Gasteiger partial charge in [0.15, 0.2) is 17.3 Å². The summed E-state index contributed by atoms with van der Waals surface area (Å²) in [4.78, 5) is 12.6. The second-order valence-corrected chi connectivity index (χ2v) is 5.28. The van der Waals surface area contributed by atoms with Gasteiger partial charge in [0.1, 0.15) is 6.10 Å². The summed E-state index contributed by atoms with van der Waals surface area (Å²) in [6.45, 7) is 1.88. The average molecular weight is 298 g/mol. The standard InChI is InChI=1S/C18H18O4/c1-11-9-15(20-2)17(21-3)18-16(11)13(19)10-14(22-18)12-7-5-4-6-8-12/h4-9,14H,10H2,1-3H3. The maximum atomic E-state index is 12.6. The van der Waals surface area contributed by atoms with E-state index in [0.29, 0.717) is 29.2 Å². The highest BCUT2D eigenvalue weighted by molar-refractivity contribution is 6.02. The summed E-state index contributed by atoms with van der Waals surface area (Å²) in [5.41, 5.74) is 2.40. The third-order valence-corrected chi connectivity index (χ3v) is 3.90. The van der Waals surface area contributed by atoms with Crippen molar-refractivity contribution in [1.29, 1.82) is 0 Å². The van der Waals surface area contributed by atoms with E-state index in [2.05, 4.69) is 0 Å². The molecule has 4 heteroatoms. The van der Waals surface area contributed by atoms with Crippen LogP contribution in [0.2, 0.25) is 0 Å². The molecule has 1 aliphatic rings. The molecule has 0 spiro atoms. The topological polar surface area (TPSA) is 44.8 Å². The summed E-state index contributed by atoms with van der Waals surface area (Å²) >= 11 is 0. The van der Waals surface area contributed by atoms with Crippen molar-refractivity contribution < 1.29 is 19.0 Å². The molecule has 0 amide bonds. The zero-order valence-electron chi connectivity index (χ0n) is 12.9. The van der Waals surface area contributed by atoms with E-state index < -0.39 is 0 Å². The van der Waals surface area contributed by atoms with Crippen LogP contribution < -0.4 is 14.2 Å². The Balaban J connectivity index is 2.11. The second-order valence-electron chi connectivity index (χ2n) is 5.28. The van der Waals surface area contributed by atoms with E-state index in [1.807, 2.05) is 43.3 Å². The number of benzene rings is 2. The van der Waals surface area contributed by atoms with Crippen LogP contribution in [0.1, 0.15) is 34.0 Å². The van der Waals surface area contributed by atoms with E-state index in [1.165, 1.54) is 0 Å². The van der Waals surface area contributed by atoms with Gasteiger partial charge in [0, 0.05) is 0 Å². The summed E-state index contributed by atoms with van der Waals surface area (Å²) in [6.07, 6.45) is 0.0227. The van der Waals surface area contributed by atoms with Crippen molar-refractivity contribution >= 4 is 5.78 Å². The molecule has 2 aromatic carbocycles. The van der Waals surface area contributed by atoms with E-state index in [-0.39, 0.29) is 11.9 Å². The van der Waals surface area contributed by atoms with Crippen LogP contribution in [0.4, 0.5) is 0 Å².